The Hall–Kier alpha value is -2.01. The van der Waals surface area contributed by atoms with Crippen LogP contribution in [0.3, 0.4) is 0 Å². The number of Topliss-reactive ketones (excluding diaryl/α,β-unsaturated/α-hetero) is 1. The van der Waals surface area contributed by atoms with Gasteiger partial charge in [0.15, 0.2) is 5.78 Å². The summed E-state index contributed by atoms with van der Waals surface area (Å²) >= 11 is 4.82. The van der Waals surface area contributed by atoms with Gasteiger partial charge in [-0.25, -0.2) is 0 Å². The Balaban J connectivity index is 1.50. The van der Waals surface area contributed by atoms with Gasteiger partial charge in [-0.2, -0.15) is 5.26 Å². The van der Waals surface area contributed by atoms with Crippen LogP contribution in [-0.2, 0) is 4.79 Å². The molecule has 140 valence electrons. The molecule has 0 radical (unpaired) electrons. The van der Waals surface area contributed by atoms with Crippen LogP contribution >= 0.6 is 27.3 Å². The number of rotatable bonds is 6. The average molecular weight is 446 g/mol. The van der Waals surface area contributed by atoms with Gasteiger partial charge in [-0.05, 0) is 29.1 Å². The Kier molecular flexibility index (Phi) is 6.78. The van der Waals surface area contributed by atoms with Gasteiger partial charge in [0, 0.05) is 43.5 Å². The summed E-state index contributed by atoms with van der Waals surface area (Å²) in [5, 5.41) is 11.5. The van der Waals surface area contributed by atoms with E-state index in [2.05, 4.69) is 26.9 Å². The molecule has 1 fully saturated rings. The molecule has 1 atom stereocenters. The van der Waals surface area contributed by atoms with Gasteiger partial charge in [-0.3, -0.25) is 14.5 Å². The predicted molar refractivity (Wildman–Crippen MR) is 109 cm³/mol. The average Bonchev–Trinajstić information content (AvgIpc) is 3.23. The van der Waals surface area contributed by atoms with E-state index in [1.807, 2.05) is 35.7 Å². The molecule has 0 saturated carbocycles. The molecule has 1 aromatic heterocycles. The molecule has 7 heteroatoms. The zero-order valence-electron chi connectivity index (χ0n) is 14.8. The van der Waals surface area contributed by atoms with Crippen LogP contribution in [-0.4, -0.2) is 47.7 Å². The summed E-state index contributed by atoms with van der Waals surface area (Å²) in [5.74, 6) is 0.0356. The molecular formula is C20H20BrN3O2S. The molecular weight excluding hydrogens is 426 g/mol. The Labute approximate surface area is 171 Å². The number of nitriles is 1. The van der Waals surface area contributed by atoms with Gasteiger partial charge in [0.1, 0.15) is 6.04 Å². The fourth-order valence-electron chi connectivity index (χ4n) is 3.18. The van der Waals surface area contributed by atoms with Crippen molar-refractivity contribution in [1.29, 1.82) is 5.26 Å². The van der Waals surface area contributed by atoms with Crippen molar-refractivity contribution in [1.82, 2.24) is 9.80 Å². The third-order valence-corrected chi connectivity index (χ3v) is 6.14. The molecule has 2 aromatic rings. The van der Waals surface area contributed by atoms with Crippen molar-refractivity contribution < 1.29 is 9.59 Å². The second kappa shape index (κ2) is 9.27. The quantitative estimate of drug-likeness (QED) is 0.632. The minimum atomic E-state index is -0.309. The van der Waals surface area contributed by atoms with E-state index in [1.165, 1.54) is 11.3 Å². The summed E-state index contributed by atoms with van der Waals surface area (Å²) in [6.07, 6.45) is 0.490. The number of carbonyl (C=O) groups is 2. The van der Waals surface area contributed by atoms with E-state index in [0.29, 0.717) is 31.1 Å². The highest BCUT2D eigenvalue weighted by molar-refractivity contribution is 9.10. The molecule has 1 aliphatic rings. The molecule has 5 nitrogen and oxygen atoms in total. The van der Waals surface area contributed by atoms with Crippen molar-refractivity contribution in [2.75, 3.05) is 26.2 Å². The van der Waals surface area contributed by atoms with Gasteiger partial charge in [0.25, 0.3) is 0 Å². The predicted octanol–water partition coefficient (Wildman–Crippen LogP) is 3.88. The maximum atomic E-state index is 12.4. The molecule has 1 aromatic carbocycles. The highest BCUT2D eigenvalue weighted by atomic mass is 79.9. The maximum Gasteiger partial charge on any atom is 0.223 e. The number of hydrogen-bond acceptors (Lipinski definition) is 5. The van der Waals surface area contributed by atoms with Crippen LogP contribution in [0.15, 0.2) is 46.3 Å². The summed E-state index contributed by atoms with van der Waals surface area (Å²) in [7, 11) is 0. The number of ketones is 1. The normalized spacial score (nSPS) is 15.9. The molecule has 27 heavy (non-hydrogen) atoms. The first-order chi connectivity index (χ1) is 13.1. The van der Waals surface area contributed by atoms with Crippen LogP contribution in [0.25, 0.3) is 0 Å². The van der Waals surface area contributed by atoms with Gasteiger partial charge in [0.05, 0.1) is 10.9 Å². The maximum absolute atomic E-state index is 12.4. The first-order valence-corrected chi connectivity index (χ1v) is 10.5. The van der Waals surface area contributed by atoms with E-state index in [4.69, 9.17) is 0 Å². The second-order valence-corrected chi connectivity index (χ2v) is 8.26. The molecule has 1 amide bonds. The van der Waals surface area contributed by atoms with Crippen molar-refractivity contribution in [2.24, 2.45) is 0 Å². The third kappa shape index (κ3) is 5.04. The minimum Gasteiger partial charge on any atom is -0.340 e. The molecule has 0 bridgehead atoms. The van der Waals surface area contributed by atoms with Gasteiger partial charge >= 0.3 is 0 Å². The van der Waals surface area contributed by atoms with Crippen LogP contribution in [0.2, 0.25) is 0 Å². The fourth-order valence-corrected chi connectivity index (χ4v) is 4.14. The van der Waals surface area contributed by atoms with E-state index < -0.39 is 0 Å². The van der Waals surface area contributed by atoms with E-state index in [9.17, 15) is 14.9 Å². The van der Waals surface area contributed by atoms with Gasteiger partial charge in [-0.15, -0.1) is 11.3 Å². The van der Waals surface area contributed by atoms with Crippen molar-refractivity contribution in [3.63, 3.8) is 0 Å². The number of amides is 1. The summed E-state index contributed by atoms with van der Waals surface area (Å²) in [6.45, 7) is 2.47. The molecule has 1 saturated heterocycles. The van der Waals surface area contributed by atoms with Gasteiger partial charge in [-0.1, -0.05) is 34.1 Å². The molecule has 2 heterocycles. The highest BCUT2D eigenvalue weighted by Crippen LogP contribution is 2.23. The van der Waals surface area contributed by atoms with Crippen LogP contribution in [0, 0.1) is 11.3 Å². The van der Waals surface area contributed by atoms with Crippen LogP contribution in [0.1, 0.15) is 34.1 Å². The molecule has 1 aliphatic heterocycles. The standard InChI is InChI=1S/C20H20BrN3O2S/c21-16-5-3-15(4-6-16)17(14-22)23-9-11-24(12-10-23)20(26)8-7-18(25)19-2-1-13-27-19/h1-6,13,17H,7-12H2. The van der Waals surface area contributed by atoms with Crippen LogP contribution in [0.5, 0.6) is 0 Å². The molecule has 0 spiro atoms. The first-order valence-electron chi connectivity index (χ1n) is 8.82. The number of hydrogen-bond donors (Lipinski definition) is 0. The lowest BCUT2D eigenvalue weighted by atomic mass is 10.1. The number of piperazine rings is 1. The molecule has 1 unspecified atom stereocenters. The van der Waals surface area contributed by atoms with E-state index in [-0.39, 0.29) is 30.6 Å². The summed E-state index contributed by atoms with van der Waals surface area (Å²) in [4.78, 5) is 29.1. The minimum absolute atomic E-state index is 0.0108. The Bertz CT molecular complexity index is 822. The summed E-state index contributed by atoms with van der Waals surface area (Å²) in [5.41, 5.74) is 0.960. The lowest BCUT2D eigenvalue weighted by Crippen LogP contribution is -2.49. The topological polar surface area (TPSA) is 64.4 Å². The third-order valence-electron chi connectivity index (χ3n) is 4.70. The van der Waals surface area contributed by atoms with Crippen molar-refractivity contribution in [2.45, 2.75) is 18.9 Å². The zero-order valence-corrected chi connectivity index (χ0v) is 17.2. The molecule has 0 N–H and O–H groups in total. The highest BCUT2D eigenvalue weighted by Gasteiger charge is 2.27. The number of halogens is 1. The number of nitrogens with zero attached hydrogens (tertiary/aromatic N) is 3. The summed E-state index contributed by atoms with van der Waals surface area (Å²) < 4.78 is 0.982. The molecule has 3 rings (SSSR count). The van der Waals surface area contributed by atoms with Gasteiger partial charge in [0.2, 0.25) is 5.91 Å². The number of benzene rings is 1. The first kappa shape index (κ1) is 19.7. The SMILES string of the molecule is N#CC(c1ccc(Br)cc1)N1CCN(C(=O)CCC(=O)c2cccs2)CC1. The largest absolute Gasteiger partial charge is 0.340 e. The summed E-state index contributed by atoms with van der Waals surface area (Å²) in [6, 6.07) is 13.5. The Morgan fingerprint density at radius 1 is 1.11 bits per heavy atom. The monoisotopic (exact) mass is 445 g/mol. The van der Waals surface area contributed by atoms with Crippen molar-refractivity contribution in [3.05, 3.63) is 56.7 Å². The number of carbonyl (C=O) groups excluding carboxylic acids is 2. The van der Waals surface area contributed by atoms with Crippen molar-refractivity contribution >= 4 is 39.0 Å². The van der Waals surface area contributed by atoms with E-state index >= 15 is 0 Å². The van der Waals surface area contributed by atoms with E-state index in [1.54, 1.807) is 11.0 Å². The smallest absolute Gasteiger partial charge is 0.223 e. The number of thiophene rings is 1. The zero-order chi connectivity index (χ0) is 19.2. The lowest BCUT2D eigenvalue weighted by molar-refractivity contribution is -0.133. The van der Waals surface area contributed by atoms with E-state index in [0.717, 1.165) is 10.0 Å². The van der Waals surface area contributed by atoms with Crippen LogP contribution in [0.4, 0.5) is 0 Å². The Morgan fingerprint density at radius 3 is 2.41 bits per heavy atom. The second-order valence-electron chi connectivity index (χ2n) is 6.40. The molecule has 0 aliphatic carbocycles. The Morgan fingerprint density at radius 2 is 1.81 bits per heavy atom. The lowest BCUT2D eigenvalue weighted by Gasteiger charge is -2.37. The van der Waals surface area contributed by atoms with Crippen molar-refractivity contribution in [3.8, 4) is 6.07 Å². The van der Waals surface area contributed by atoms with Gasteiger partial charge < -0.3 is 4.90 Å². The fraction of sp³-hybridized carbons (Fsp3) is 0.350. The van der Waals surface area contributed by atoms with Crippen LogP contribution < -0.4 is 0 Å².